The van der Waals surface area contributed by atoms with Gasteiger partial charge in [-0.05, 0) is 50.9 Å². The molecule has 0 aromatic carbocycles. The molecule has 2 N–H and O–H groups in total. The lowest BCUT2D eigenvalue weighted by Crippen LogP contribution is -2.46. The van der Waals surface area contributed by atoms with Crippen LogP contribution in [0, 0.1) is 11.8 Å². The third-order valence-electron chi connectivity index (χ3n) is 4.34. The van der Waals surface area contributed by atoms with Crippen LogP contribution in [0.5, 0.6) is 0 Å². The Bertz CT molecular complexity index is 219. The quantitative estimate of drug-likeness (QED) is 0.742. The minimum atomic E-state index is -0.0153. The summed E-state index contributed by atoms with van der Waals surface area (Å²) in [5.41, 5.74) is 6.00. The van der Waals surface area contributed by atoms with Gasteiger partial charge in [-0.25, -0.2) is 0 Å². The molecule has 108 valence electrons. The summed E-state index contributed by atoms with van der Waals surface area (Å²) >= 11 is 0. The average Bonchev–Trinajstić information content (AvgIpc) is 2.31. The van der Waals surface area contributed by atoms with Gasteiger partial charge in [0.2, 0.25) is 0 Å². The highest BCUT2D eigenvalue weighted by atomic mass is 16.5. The molecule has 0 aromatic rings. The third kappa shape index (κ3) is 4.89. The second-order valence-electron chi connectivity index (χ2n) is 6.68. The molecule has 0 aliphatic heterocycles. The molecule has 1 aliphatic rings. The number of rotatable bonds is 7. The Balaban J connectivity index is 2.45. The fourth-order valence-corrected chi connectivity index (χ4v) is 3.41. The van der Waals surface area contributed by atoms with Crippen molar-refractivity contribution in [3.05, 3.63) is 0 Å². The first-order chi connectivity index (χ1) is 8.51. The molecule has 1 fully saturated rings. The molecule has 1 unspecified atom stereocenters. The highest BCUT2D eigenvalue weighted by Crippen LogP contribution is 2.37. The molecule has 0 heterocycles. The zero-order chi connectivity index (χ0) is 13.6. The van der Waals surface area contributed by atoms with Gasteiger partial charge in [-0.1, -0.05) is 33.6 Å². The molecule has 0 spiro atoms. The van der Waals surface area contributed by atoms with Crippen LogP contribution >= 0.6 is 0 Å². The van der Waals surface area contributed by atoms with Crippen LogP contribution in [-0.2, 0) is 4.74 Å². The van der Waals surface area contributed by atoms with E-state index in [1.807, 2.05) is 0 Å². The number of nitrogens with two attached hydrogens (primary N) is 1. The molecule has 2 nitrogen and oxygen atoms in total. The van der Waals surface area contributed by atoms with E-state index in [2.05, 4.69) is 27.7 Å². The Morgan fingerprint density at radius 2 is 1.83 bits per heavy atom. The summed E-state index contributed by atoms with van der Waals surface area (Å²) in [6, 6.07) is 0. The van der Waals surface area contributed by atoms with Gasteiger partial charge in [-0.2, -0.15) is 0 Å². The lowest BCUT2D eigenvalue weighted by Gasteiger charge is -2.41. The van der Waals surface area contributed by atoms with Crippen LogP contribution in [0.25, 0.3) is 0 Å². The predicted octanol–water partition coefficient (Wildman–Crippen LogP) is 4.13. The highest BCUT2D eigenvalue weighted by molar-refractivity contribution is 4.89. The first-order valence-corrected chi connectivity index (χ1v) is 7.89. The van der Waals surface area contributed by atoms with Crippen molar-refractivity contribution in [1.82, 2.24) is 0 Å². The Labute approximate surface area is 114 Å². The van der Waals surface area contributed by atoms with E-state index in [9.17, 15) is 0 Å². The maximum absolute atomic E-state index is 6.34. The molecular weight excluding hydrogens is 222 g/mol. The van der Waals surface area contributed by atoms with Gasteiger partial charge in [0.15, 0.2) is 0 Å². The van der Waals surface area contributed by atoms with Crippen LogP contribution in [0.15, 0.2) is 0 Å². The molecule has 0 saturated heterocycles. The minimum Gasteiger partial charge on any atom is -0.371 e. The van der Waals surface area contributed by atoms with Crippen molar-refractivity contribution in [1.29, 1.82) is 0 Å². The first kappa shape index (κ1) is 16.0. The van der Waals surface area contributed by atoms with Crippen LogP contribution in [0.4, 0.5) is 0 Å². The van der Waals surface area contributed by atoms with Crippen LogP contribution in [0.1, 0.15) is 72.6 Å². The fraction of sp³-hybridized carbons (Fsp3) is 1.00. The Morgan fingerprint density at radius 3 is 2.28 bits per heavy atom. The lowest BCUT2D eigenvalue weighted by atomic mass is 9.77. The largest absolute Gasteiger partial charge is 0.371 e. The van der Waals surface area contributed by atoms with E-state index >= 15 is 0 Å². The smallest absolute Gasteiger partial charge is 0.0807 e. The van der Waals surface area contributed by atoms with E-state index in [0.29, 0.717) is 18.6 Å². The Morgan fingerprint density at radius 1 is 1.22 bits per heavy atom. The summed E-state index contributed by atoms with van der Waals surface area (Å²) in [7, 11) is 0. The van der Waals surface area contributed by atoms with E-state index in [-0.39, 0.29) is 5.60 Å². The summed E-state index contributed by atoms with van der Waals surface area (Å²) in [5.74, 6) is 1.62. The summed E-state index contributed by atoms with van der Waals surface area (Å²) in [5, 5.41) is 0. The maximum atomic E-state index is 6.34. The van der Waals surface area contributed by atoms with Crippen molar-refractivity contribution in [3.8, 4) is 0 Å². The van der Waals surface area contributed by atoms with Crippen LogP contribution in [-0.4, -0.2) is 18.2 Å². The molecule has 18 heavy (non-hydrogen) atoms. The van der Waals surface area contributed by atoms with Crippen molar-refractivity contribution in [3.63, 3.8) is 0 Å². The van der Waals surface area contributed by atoms with Crippen LogP contribution in [0.3, 0.4) is 0 Å². The van der Waals surface area contributed by atoms with Gasteiger partial charge in [0.1, 0.15) is 0 Å². The van der Waals surface area contributed by atoms with Crippen molar-refractivity contribution >= 4 is 0 Å². The number of hydrogen-bond donors (Lipinski definition) is 1. The van der Waals surface area contributed by atoms with E-state index in [4.69, 9.17) is 10.5 Å². The van der Waals surface area contributed by atoms with Gasteiger partial charge in [0, 0.05) is 6.54 Å². The van der Waals surface area contributed by atoms with Crippen molar-refractivity contribution in [2.75, 3.05) is 6.54 Å². The molecule has 0 amide bonds. The molecular formula is C16H33NO. The molecule has 1 aliphatic carbocycles. The summed E-state index contributed by atoms with van der Waals surface area (Å²) < 4.78 is 6.34. The maximum Gasteiger partial charge on any atom is 0.0807 e. The van der Waals surface area contributed by atoms with E-state index in [1.165, 1.54) is 25.7 Å². The average molecular weight is 255 g/mol. The third-order valence-corrected chi connectivity index (χ3v) is 4.34. The van der Waals surface area contributed by atoms with Crippen LogP contribution < -0.4 is 5.73 Å². The molecule has 1 atom stereocenters. The van der Waals surface area contributed by atoms with Gasteiger partial charge in [0.05, 0.1) is 11.7 Å². The lowest BCUT2D eigenvalue weighted by molar-refractivity contribution is -0.113. The second-order valence-corrected chi connectivity index (χ2v) is 6.68. The zero-order valence-corrected chi connectivity index (χ0v) is 12.9. The topological polar surface area (TPSA) is 35.2 Å². The van der Waals surface area contributed by atoms with Gasteiger partial charge >= 0.3 is 0 Å². The molecule has 0 aromatic heterocycles. The standard InChI is InChI=1S/C16H33NO/c1-5-6-15-7-9-16(12-17,10-8-15)18-14(4)11-13(2)3/h13-15H,5-12,17H2,1-4H3. The molecule has 0 radical (unpaired) electrons. The van der Waals surface area contributed by atoms with Crippen LogP contribution in [0.2, 0.25) is 0 Å². The number of hydrogen-bond acceptors (Lipinski definition) is 2. The normalized spacial score (nSPS) is 30.7. The van der Waals surface area contributed by atoms with Gasteiger partial charge in [-0.15, -0.1) is 0 Å². The fourth-order valence-electron chi connectivity index (χ4n) is 3.41. The number of ether oxygens (including phenoxy) is 1. The van der Waals surface area contributed by atoms with Crippen molar-refractivity contribution in [2.45, 2.75) is 84.3 Å². The zero-order valence-electron chi connectivity index (χ0n) is 12.9. The van der Waals surface area contributed by atoms with Crippen molar-refractivity contribution < 1.29 is 4.74 Å². The highest BCUT2D eigenvalue weighted by Gasteiger charge is 2.36. The van der Waals surface area contributed by atoms with E-state index in [0.717, 1.165) is 25.2 Å². The monoisotopic (exact) mass is 255 g/mol. The van der Waals surface area contributed by atoms with Gasteiger partial charge in [-0.3, -0.25) is 0 Å². The second kappa shape index (κ2) is 7.49. The first-order valence-electron chi connectivity index (χ1n) is 7.89. The van der Waals surface area contributed by atoms with Gasteiger partial charge < -0.3 is 10.5 Å². The van der Waals surface area contributed by atoms with E-state index in [1.54, 1.807) is 0 Å². The van der Waals surface area contributed by atoms with Crippen molar-refractivity contribution in [2.24, 2.45) is 17.6 Å². The Hall–Kier alpha value is -0.0800. The van der Waals surface area contributed by atoms with Gasteiger partial charge in [0.25, 0.3) is 0 Å². The minimum absolute atomic E-state index is 0.0153. The molecule has 2 heteroatoms. The summed E-state index contributed by atoms with van der Waals surface area (Å²) in [4.78, 5) is 0. The summed E-state index contributed by atoms with van der Waals surface area (Å²) in [6.07, 6.45) is 9.11. The van der Waals surface area contributed by atoms with E-state index < -0.39 is 0 Å². The molecule has 1 saturated carbocycles. The molecule has 0 bridgehead atoms. The predicted molar refractivity (Wildman–Crippen MR) is 78.7 cm³/mol. The summed E-state index contributed by atoms with van der Waals surface area (Å²) in [6.45, 7) is 9.69. The SMILES string of the molecule is CCCC1CCC(CN)(OC(C)CC(C)C)CC1. The molecule has 1 rings (SSSR count). The Kier molecular flexibility index (Phi) is 6.65.